The number of halogens is 1. The molecule has 5 rings (SSSR count). The van der Waals surface area contributed by atoms with Gasteiger partial charge in [-0.2, -0.15) is 0 Å². The Labute approximate surface area is 171 Å². The molecule has 0 fully saturated rings. The van der Waals surface area contributed by atoms with E-state index < -0.39 is 6.04 Å². The van der Waals surface area contributed by atoms with Gasteiger partial charge in [0, 0.05) is 4.47 Å². The molecule has 0 radical (unpaired) electrons. The molecule has 0 saturated carbocycles. The highest BCUT2D eigenvalue weighted by Crippen LogP contribution is 2.41. The predicted molar refractivity (Wildman–Crippen MR) is 110 cm³/mol. The van der Waals surface area contributed by atoms with Crippen molar-refractivity contribution in [3.8, 4) is 0 Å². The molecule has 6 nitrogen and oxygen atoms in total. The fraction of sp³-hybridized carbons (Fsp3) is 0.100. The fourth-order valence-electron chi connectivity index (χ4n) is 3.52. The van der Waals surface area contributed by atoms with Crippen LogP contribution in [0, 0.1) is 6.92 Å². The maximum absolute atomic E-state index is 13.4. The third-order valence-electron chi connectivity index (χ3n) is 4.77. The minimum atomic E-state index is -0.621. The number of rotatable bonds is 2. The normalized spacial score (nSPS) is 16.0. The summed E-state index contributed by atoms with van der Waals surface area (Å²) in [5.41, 5.74) is 3.83. The van der Waals surface area contributed by atoms with Crippen LogP contribution in [0.2, 0.25) is 0 Å². The van der Waals surface area contributed by atoms with Crippen LogP contribution in [0.5, 0.6) is 0 Å². The average Bonchev–Trinajstić information content (AvgIpc) is 3.30. The van der Waals surface area contributed by atoms with Crippen LogP contribution in [-0.2, 0) is 0 Å². The van der Waals surface area contributed by atoms with E-state index in [1.54, 1.807) is 17.6 Å². The first-order valence-electron chi connectivity index (χ1n) is 8.47. The number of amides is 1. The Morgan fingerprint density at radius 3 is 2.64 bits per heavy atom. The maximum Gasteiger partial charge on any atom is 0.297 e. The quantitative estimate of drug-likeness (QED) is 0.447. The van der Waals surface area contributed by atoms with E-state index in [-0.39, 0.29) is 17.1 Å². The zero-order valence-electron chi connectivity index (χ0n) is 14.5. The number of aromatic nitrogens is 2. The molecule has 138 valence electrons. The number of carbonyl (C=O) groups is 1. The number of carbonyl (C=O) groups excluding carboxylic acids is 1. The first kappa shape index (κ1) is 17.3. The van der Waals surface area contributed by atoms with E-state index in [0.29, 0.717) is 21.7 Å². The molecule has 8 heteroatoms. The largest absolute Gasteiger partial charge is 0.450 e. The van der Waals surface area contributed by atoms with Gasteiger partial charge in [-0.25, -0.2) is 0 Å². The van der Waals surface area contributed by atoms with Crippen molar-refractivity contribution in [3.63, 3.8) is 0 Å². The van der Waals surface area contributed by atoms with Gasteiger partial charge in [0.2, 0.25) is 10.9 Å². The van der Waals surface area contributed by atoms with Crippen molar-refractivity contribution < 1.29 is 9.21 Å². The summed E-state index contributed by atoms with van der Waals surface area (Å²) < 4.78 is 6.82. The molecule has 4 aromatic rings. The molecule has 0 saturated heterocycles. The molecule has 1 atom stereocenters. The smallest absolute Gasteiger partial charge is 0.297 e. The lowest BCUT2D eigenvalue weighted by Crippen LogP contribution is -2.29. The molecule has 28 heavy (non-hydrogen) atoms. The zero-order chi connectivity index (χ0) is 19.4. The fourth-order valence-corrected chi connectivity index (χ4v) is 4.37. The van der Waals surface area contributed by atoms with Crippen LogP contribution < -0.4 is 10.3 Å². The van der Waals surface area contributed by atoms with Gasteiger partial charge >= 0.3 is 0 Å². The average molecular weight is 454 g/mol. The third-order valence-corrected chi connectivity index (χ3v) is 5.98. The minimum absolute atomic E-state index is 0.0597. The number of hydrogen-bond acceptors (Lipinski definition) is 6. The Morgan fingerprint density at radius 1 is 1.14 bits per heavy atom. The number of nitrogens with zero attached hydrogens (tertiary/aromatic N) is 3. The van der Waals surface area contributed by atoms with Gasteiger partial charge in [-0.3, -0.25) is 14.5 Å². The van der Waals surface area contributed by atoms with E-state index in [0.717, 1.165) is 15.6 Å². The molecule has 3 heterocycles. The summed E-state index contributed by atoms with van der Waals surface area (Å²) in [6.45, 7) is 1.91. The number of hydrogen-bond donors (Lipinski definition) is 0. The van der Waals surface area contributed by atoms with Crippen molar-refractivity contribution in [2.75, 3.05) is 4.90 Å². The van der Waals surface area contributed by atoms with E-state index >= 15 is 0 Å². The molecule has 1 aliphatic heterocycles. The van der Waals surface area contributed by atoms with Gasteiger partial charge in [0.25, 0.3) is 5.91 Å². The van der Waals surface area contributed by atoms with Crippen molar-refractivity contribution >= 4 is 49.3 Å². The van der Waals surface area contributed by atoms with Gasteiger partial charge in [0.1, 0.15) is 11.1 Å². The monoisotopic (exact) mass is 453 g/mol. The van der Waals surface area contributed by atoms with Crippen molar-refractivity contribution in [1.29, 1.82) is 0 Å². The Kier molecular flexibility index (Phi) is 3.92. The molecule has 2 aromatic carbocycles. The van der Waals surface area contributed by atoms with Gasteiger partial charge < -0.3 is 4.42 Å². The Hall–Kier alpha value is -2.84. The summed E-state index contributed by atoms with van der Waals surface area (Å²) in [6.07, 6.45) is 0. The first-order chi connectivity index (χ1) is 13.5. The van der Waals surface area contributed by atoms with Crippen LogP contribution in [0.1, 0.15) is 33.3 Å². The Balaban J connectivity index is 1.83. The van der Waals surface area contributed by atoms with Gasteiger partial charge in [0.05, 0.1) is 17.0 Å². The second kappa shape index (κ2) is 6.35. The summed E-state index contributed by atoms with van der Waals surface area (Å²) in [5.74, 6) is -0.330. The van der Waals surface area contributed by atoms with Crippen molar-refractivity contribution in [1.82, 2.24) is 10.2 Å². The van der Waals surface area contributed by atoms with Crippen LogP contribution in [0.3, 0.4) is 0 Å². The molecular formula is C20H12BrN3O3S. The molecule has 0 unspecified atom stereocenters. The Bertz CT molecular complexity index is 1280. The summed E-state index contributed by atoms with van der Waals surface area (Å²) in [4.78, 5) is 28.1. The topological polar surface area (TPSA) is 76.3 Å². The molecule has 2 aromatic heterocycles. The number of fused-ring (bicyclic) bond motifs is 2. The molecule has 0 N–H and O–H groups in total. The van der Waals surface area contributed by atoms with E-state index in [1.807, 2.05) is 37.3 Å². The van der Waals surface area contributed by atoms with Gasteiger partial charge in [0.15, 0.2) is 5.43 Å². The molecule has 0 aliphatic carbocycles. The first-order valence-corrected chi connectivity index (χ1v) is 10.1. The minimum Gasteiger partial charge on any atom is -0.450 e. The van der Waals surface area contributed by atoms with Crippen LogP contribution in [0.4, 0.5) is 5.13 Å². The second-order valence-corrected chi connectivity index (χ2v) is 8.25. The van der Waals surface area contributed by atoms with Gasteiger partial charge in [-0.1, -0.05) is 51.0 Å². The zero-order valence-corrected chi connectivity index (χ0v) is 17.0. The van der Waals surface area contributed by atoms with Crippen LogP contribution in [-0.4, -0.2) is 16.1 Å². The van der Waals surface area contributed by atoms with Gasteiger partial charge in [-0.15, -0.1) is 10.2 Å². The van der Waals surface area contributed by atoms with E-state index in [2.05, 4.69) is 26.1 Å². The van der Waals surface area contributed by atoms with Gasteiger partial charge in [-0.05, 0) is 36.8 Å². The highest BCUT2D eigenvalue weighted by Gasteiger charge is 2.44. The van der Waals surface area contributed by atoms with Crippen molar-refractivity contribution in [2.24, 2.45) is 0 Å². The van der Waals surface area contributed by atoms with E-state index in [1.165, 1.54) is 16.2 Å². The molecule has 1 aliphatic rings. The molecule has 0 bridgehead atoms. The highest BCUT2D eigenvalue weighted by atomic mass is 79.9. The van der Waals surface area contributed by atoms with E-state index in [9.17, 15) is 9.59 Å². The lowest BCUT2D eigenvalue weighted by atomic mass is 9.98. The summed E-state index contributed by atoms with van der Waals surface area (Å²) in [7, 11) is 0. The highest BCUT2D eigenvalue weighted by molar-refractivity contribution is 9.10. The SMILES string of the molecule is Cc1ccc2oc3c(c(=O)c2c1)[C@@H](c1ccc(Br)cc1)N(c1nncs1)C3=O. The third kappa shape index (κ3) is 2.52. The number of anilines is 1. The van der Waals surface area contributed by atoms with Crippen molar-refractivity contribution in [2.45, 2.75) is 13.0 Å². The Morgan fingerprint density at radius 2 is 1.93 bits per heavy atom. The van der Waals surface area contributed by atoms with Crippen LogP contribution in [0.15, 0.2) is 61.7 Å². The lowest BCUT2D eigenvalue weighted by molar-refractivity contribution is 0.0970. The second-order valence-electron chi connectivity index (χ2n) is 6.52. The lowest BCUT2D eigenvalue weighted by Gasteiger charge is -2.22. The summed E-state index contributed by atoms with van der Waals surface area (Å²) in [5, 5.41) is 8.80. The van der Waals surface area contributed by atoms with Crippen LogP contribution in [0.25, 0.3) is 11.0 Å². The molecular weight excluding hydrogens is 442 g/mol. The number of benzene rings is 2. The van der Waals surface area contributed by atoms with E-state index in [4.69, 9.17) is 4.42 Å². The summed E-state index contributed by atoms with van der Waals surface area (Å²) >= 11 is 4.66. The number of aryl methyl sites for hydroxylation is 1. The maximum atomic E-state index is 13.4. The molecule has 0 spiro atoms. The predicted octanol–water partition coefficient (Wildman–Crippen LogP) is 4.47. The van der Waals surface area contributed by atoms with Crippen LogP contribution >= 0.6 is 27.3 Å². The van der Waals surface area contributed by atoms with Crippen molar-refractivity contribution in [3.05, 3.63) is 85.1 Å². The molecule has 1 amide bonds. The summed E-state index contributed by atoms with van der Waals surface area (Å²) in [6, 6.07) is 12.3. The standard InChI is InChI=1S/C20H12BrN3O3S/c1-10-2-7-14-13(8-10)17(25)15-16(11-3-5-12(21)6-4-11)24(19(26)18(15)27-14)20-23-22-9-28-20/h2-9,16H,1H3/t16-/m1/s1.